The van der Waals surface area contributed by atoms with Gasteiger partial charge in [0, 0.05) is 18.9 Å². The fourth-order valence-corrected chi connectivity index (χ4v) is 5.14. The van der Waals surface area contributed by atoms with E-state index in [9.17, 15) is 26.7 Å². The van der Waals surface area contributed by atoms with Gasteiger partial charge in [0.15, 0.2) is 0 Å². The summed E-state index contributed by atoms with van der Waals surface area (Å²) >= 11 is 0. The highest BCUT2D eigenvalue weighted by molar-refractivity contribution is 7.91. The molecule has 0 bridgehead atoms. The molecule has 3 aromatic rings. The molecule has 0 amide bonds. The standard InChI is InChI=1S/C28H33F3N4O5S/c1-21(20-41(37,38)27-32-33-34-35(27)24-7-4-3-5-8-24)9-14-26(36)22(2)15-18-39-19-23-10-12-25(13-11-23)40-17-6-16-28(29,30)31/h3-5,7-8,10-13,21-22,26,36H,6,15-20H2,1-2H3/t21-,22-,26?/m0/s1. The van der Waals surface area contributed by atoms with Crippen molar-refractivity contribution >= 4 is 9.84 Å². The van der Waals surface area contributed by atoms with Gasteiger partial charge in [-0.05, 0) is 59.0 Å². The topological polar surface area (TPSA) is 116 Å². The second-order valence-corrected chi connectivity index (χ2v) is 11.6. The number of aliphatic hydroxyl groups is 1. The zero-order chi connectivity index (χ0) is 29.9. The molecule has 9 nitrogen and oxygen atoms in total. The van der Waals surface area contributed by atoms with Crippen LogP contribution in [0.25, 0.3) is 5.69 Å². The Morgan fingerprint density at radius 1 is 1.02 bits per heavy atom. The van der Waals surface area contributed by atoms with Crippen molar-refractivity contribution in [1.29, 1.82) is 0 Å². The summed E-state index contributed by atoms with van der Waals surface area (Å²) in [5.74, 6) is 4.95. The average Bonchev–Trinajstić information content (AvgIpc) is 3.44. The van der Waals surface area contributed by atoms with Crippen LogP contribution >= 0.6 is 0 Å². The number of hydrogen-bond donors (Lipinski definition) is 1. The van der Waals surface area contributed by atoms with Gasteiger partial charge >= 0.3 is 6.18 Å². The summed E-state index contributed by atoms with van der Waals surface area (Å²) in [6, 6.07) is 15.6. The summed E-state index contributed by atoms with van der Waals surface area (Å²) in [6.45, 7) is 4.15. The summed E-state index contributed by atoms with van der Waals surface area (Å²) in [4.78, 5) is 0. The van der Waals surface area contributed by atoms with Crippen molar-refractivity contribution in [3.63, 3.8) is 0 Å². The summed E-state index contributed by atoms with van der Waals surface area (Å²) in [5, 5.41) is 21.1. The molecule has 1 heterocycles. The molecule has 1 aromatic heterocycles. The molecule has 3 rings (SSSR count). The van der Waals surface area contributed by atoms with Crippen LogP contribution < -0.4 is 4.74 Å². The molecular formula is C28H33F3N4O5S. The van der Waals surface area contributed by atoms with Gasteiger partial charge in [0.25, 0.3) is 5.16 Å². The number of rotatable bonds is 14. The zero-order valence-electron chi connectivity index (χ0n) is 22.8. The van der Waals surface area contributed by atoms with E-state index >= 15 is 0 Å². The number of aromatic nitrogens is 4. The van der Waals surface area contributed by atoms with Gasteiger partial charge in [0.05, 0.1) is 24.7 Å². The minimum atomic E-state index is -4.18. The van der Waals surface area contributed by atoms with E-state index < -0.39 is 34.5 Å². The monoisotopic (exact) mass is 594 g/mol. The van der Waals surface area contributed by atoms with E-state index in [-0.39, 0.29) is 29.9 Å². The highest BCUT2D eigenvalue weighted by Crippen LogP contribution is 2.22. The molecule has 1 unspecified atom stereocenters. The van der Waals surface area contributed by atoms with Gasteiger partial charge in [-0.25, -0.2) is 8.42 Å². The van der Waals surface area contributed by atoms with Crippen molar-refractivity contribution in [2.24, 2.45) is 11.8 Å². The van der Waals surface area contributed by atoms with Crippen molar-refractivity contribution < 1.29 is 36.2 Å². The summed E-state index contributed by atoms with van der Waals surface area (Å²) in [5.41, 5.74) is 1.39. The van der Waals surface area contributed by atoms with Crippen molar-refractivity contribution in [3.8, 4) is 23.3 Å². The lowest BCUT2D eigenvalue weighted by Crippen LogP contribution is -2.20. The molecule has 41 heavy (non-hydrogen) atoms. The van der Waals surface area contributed by atoms with Gasteiger partial charge in [-0.15, -0.1) is 0 Å². The second-order valence-electron chi connectivity index (χ2n) is 9.65. The molecule has 0 saturated carbocycles. The number of para-hydroxylation sites is 1. The van der Waals surface area contributed by atoms with Crippen LogP contribution in [0, 0.1) is 23.7 Å². The Bertz CT molecular complexity index is 1390. The van der Waals surface area contributed by atoms with Crippen molar-refractivity contribution in [2.75, 3.05) is 19.0 Å². The predicted molar refractivity (Wildman–Crippen MR) is 145 cm³/mol. The molecule has 3 atom stereocenters. The Labute approximate surface area is 237 Å². The van der Waals surface area contributed by atoms with E-state index in [1.165, 1.54) is 0 Å². The molecule has 0 aliphatic rings. The lowest BCUT2D eigenvalue weighted by atomic mass is 10.0. The minimum absolute atomic E-state index is 0.0123. The first kappa shape index (κ1) is 32.0. The van der Waals surface area contributed by atoms with Crippen molar-refractivity contribution in [3.05, 3.63) is 60.2 Å². The summed E-state index contributed by atoms with van der Waals surface area (Å²) in [7, 11) is -3.85. The molecule has 0 aliphatic carbocycles. The number of halogens is 3. The molecule has 0 fully saturated rings. The molecule has 2 aromatic carbocycles. The van der Waals surface area contributed by atoms with Gasteiger partial charge in [-0.3, -0.25) is 0 Å². The number of alkyl halides is 3. The summed E-state index contributed by atoms with van der Waals surface area (Å²) < 4.78 is 74.6. The van der Waals surface area contributed by atoms with Gasteiger partial charge in [-0.2, -0.15) is 17.9 Å². The first-order chi connectivity index (χ1) is 19.4. The normalized spacial score (nSPS) is 14.1. The SMILES string of the molecule is C[C@@H](C#CC(O)[C@@H](C)CCOCc1ccc(OCCCC(F)(F)F)cc1)CS(=O)(=O)c1nnnn1-c1ccccc1. The fraction of sp³-hybridized carbons (Fsp3) is 0.464. The van der Waals surface area contributed by atoms with E-state index in [1.54, 1.807) is 61.5 Å². The number of sulfone groups is 1. The van der Waals surface area contributed by atoms with Gasteiger partial charge < -0.3 is 14.6 Å². The van der Waals surface area contributed by atoms with Gasteiger partial charge in [0.2, 0.25) is 9.84 Å². The van der Waals surface area contributed by atoms with Crippen LogP contribution in [0.4, 0.5) is 13.2 Å². The number of ether oxygens (including phenoxy) is 2. The molecular weight excluding hydrogens is 561 g/mol. The Kier molecular flexibility index (Phi) is 11.7. The van der Waals surface area contributed by atoms with E-state index in [2.05, 4.69) is 27.4 Å². The Morgan fingerprint density at radius 3 is 2.41 bits per heavy atom. The highest BCUT2D eigenvalue weighted by Gasteiger charge is 2.27. The molecule has 0 saturated heterocycles. The maximum absolute atomic E-state index is 12.9. The van der Waals surface area contributed by atoms with Crippen LogP contribution in [0.2, 0.25) is 0 Å². The molecule has 13 heteroatoms. The van der Waals surface area contributed by atoms with Crippen LogP contribution in [0.1, 0.15) is 38.7 Å². The summed E-state index contributed by atoms with van der Waals surface area (Å²) in [6.07, 6.45) is -5.60. The predicted octanol–water partition coefficient (Wildman–Crippen LogP) is 4.40. The minimum Gasteiger partial charge on any atom is -0.494 e. The molecule has 1 N–H and O–H groups in total. The smallest absolute Gasteiger partial charge is 0.389 e. The largest absolute Gasteiger partial charge is 0.494 e. The van der Waals surface area contributed by atoms with E-state index in [1.807, 2.05) is 6.92 Å². The van der Waals surface area contributed by atoms with Gasteiger partial charge in [0.1, 0.15) is 11.9 Å². The first-order valence-corrected chi connectivity index (χ1v) is 14.7. The maximum Gasteiger partial charge on any atom is 0.389 e. The number of tetrazole rings is 1. The number of aliphatic hydroxyl groups excluding tert-OH is 1. The van der Waals surface area contributed by atoms with Crippen LogP contribution in [0.3, 0.4) is 0 Å². The third kappa shape index (κ3) is 10.8. The lowest BCUT2D eigenvalue weighted by Gasteiger charge is -2.14. The lowest BCUT2D eigenvalue weighted by molar-refractivity contribution is -0.136. The zero-order valence-corrected chi connectivity index (χ0v) is 23.6. The first-order valence-electron chi connectivity index (χ1n) is 13.1. The van der Waals surface area contributed by atoms with Crippen LogP contribution in [-0.4, -0.2) is 65.0 Å². The second kappa shape index (κ2) is 15.0. The maximum atomic E-state index is 12.9. The molecule has 0 radical (unpaired) electrons. The van der Waals surface area contributed by atoms with Gasteiger partial charge in [-0.1, -0.05) is 61.1 Å². The number of hydrogen-bond acceptors (Lipinski definition) is 8. The van der Waals surface area contributed by atoms with Crippen LogP contribution in [0.5, 0.6) is 5.75 Å². The molecule has 0 aliphatic heterocycles. The van der Waals surface area contributed by atoms with Crippen molar-refractivity contribution in [1.82, 2.24) is 20.2 Å². The Balaban J connectivity index is 1.39. The average molecular weight is 595 g/mol. The third-order valence-corrected chi connectivity index (χ3v) is 7.74. The quantitative estimate of drug-likeness (QED) is 0.216. The Hall–Kier alpha value is -3.47. The number of benzene rings is 2. The number of nitrogens with zero attached hydrogens (tertiary/aromatic N) is 4. The fourth-order valence-electron chi connectivity index (χ4n) is 3.68. The third-order valence-electron chi connectivity index (χ3n) is 5.99. The van der Waals surface area contributed by atoms with Crippen LogP contribution in [0.15, 0.2) is 59.8 Å². The van der Waals surface area contributed by atoms with E-state index in [0.29, 0.717) is 31.1 Å². The molecule has 0 spiro atoms. The Morgan fingerprint density at radius 2 is 1.73 bits per heavy atom. The van der Waals surface area contributed by atoms with E-state index in [0.717, 1.165) is 10.2 Å². The van der Waals surface area contributed by atoms with Crippen LogP contribution in [-0.2, 0) is 21.2 Å². The highest BCUT2D eigenvalue weighted by atomic mass is 32.2. The van der Waals surface area contributed by atoms with Crippen molar-refractivity contribution in [2.45, 2.75) is 57.2 Å². The molecule has 222 valence electrons. The van der Waals surface area contributed by atoms with E-state index in [4.69, 9.17) is 9.47 Å².